The lowest BCUT2D eigenvalue weighted by atomic mass is 9.97. The van der Waals surface area contributed by atoms with Crippen LogP contribution in [0.4, 0.5) is 13.2 Å². The standard InChI is InChI=1S/C28H25F3O3/c1-2-3-4-17-14-33-28(34-15-17)22-10-9-20(13-24(22)29)18-5-7-19(8-6-18)21-11-12-23(25-16-32-25)27(31)26(21)30/h2,5-13,17,25,28H,1,3-4,14-16H2. The first-order valence-electron chi connectivity index (χ1n) is 11.4. The number of hydrogen-bond donors (Lipinski definition) is 0. The molecule has 0 aromatic heterocycles. The summed E-state index contributed by atoms with van der Waals surface area (Å²) in [5, 5.41) is 0. The summed E-state index contributed by atoms with van der Waals surface area (Å²) in [5.74, 6) is -1.90. The molecule has 0 amide bonds. The molecule has 2 aliphatic heterocycles. The van der Waals surface area contributed by atoms with Gasteiger partial charge in [0, 0.05) is 22.6 Å². The molecule has 0 radical (unpaired) electrons. The number of epoxide rings is 1. The predicted molar refractivity (Wildman–Crippen MR) is 123 cm³/mol. The van der Waals surface area contributed by atoms with E-state index in [1.54, 1.807) is 48.5 Å². The Morgan fingerprint density at radius 3 is 2.06 bits per heavy atom. The maximum Gasteiger partial charge on any atom is 0.186 e. The van der Waals surface area contributed by atoms with Crippen molar-refractivity contribution in [1.82, 2.24) is 0 Å². The van der Waals surface area contributed by atoms with Crippen molar-refractivity contribution in [2.75, 3.05) is 19.8 Å². The van der Waals surface area contributed by atoms with E-state index < -0.39 is 23.7 Å². The lowest BCUT2D eigenvalue weighted by Crippen LogP contribution is -2.27. The molecule has 6 heteroatoms. The molecule has 0 N–H and O–H groups in total. The van der Waals surface area contributed by atoms with E-state index in [1.165, 1.54) is 6.07 Å². The molecule has 3 aromatic rings. The largest absolute Gasteiger partial charge is 0.368 e. The molecule has 1 atom stereocenters. The van der Waals surface area contributed by atoms with Crippen LogP contribution in [0.2, 0.25) is 0 Å². The van der Waals surface area contributed by atoms with Crippen molar-refractivity contribution in [3.8, 4) is 22.3 Å². The smallest absolute Gasteiger partial charge is 0.186 e. The zero-order valence-electron chi connectivity index (χ0n) is 18.6. The van der Waals surface area contributed by atoms with E-state index in [9.17, 15) is 13.2 Å². The van der Waals surface area contributed by atoms with E-state index in [-0.39, 0.29) is 23.1 Å². The van der Waals surface area contributed by atoms with Crippen LogP contribution in [-0.2, 0) is 14.2 Å². The van der Waals surface area contributed by atoms with Crippen LogP contribution in [-0.4, -0.2) is 19.8 Å². The average molecular weight is 466 g/mol. The summed E-state index contributed by atoms with van der Waals surface area (Å²) in [6, 6.07) is 14.9. The second-order valence-corrected chi connectivity index (χ2v) is 8.70. The van der Waals surface area contributed by atoms with Crippen molar-refractivity contribution in [3.05, 3.63) is 95.8 Å². The third-order valence-electron chi connectivity index (χ3n) is 6.32. The highest BCUT2D eigenvalue weighted by Gasteiger charge is 2.30. The van der Waals surface area contributed by atoms with Crippen LogP contribution >= 0.6 is 0 Å². The van der Waals surface area contributed by atoms with Gasteiger partial charge in [-0.15, -0.1) is 6.58 Å². The van der Waals surface area contributed by atoms with E-state index in [0.29, 0.717) is 36.5 Å². The number of halogens is 3. The molecule has 2 aliphatic rings. The van der Waals surface area contributed by atoms with Crippen LogP contribution in [0.25, 0.3) is 22.3 Å². The van der Waals surface area contributed by atoms with Gasteiger partial charge in [0.2, 0.25) is 0 Å². The van der Waals surface area contributed by atoms with Gasteiger partial charge in [-0.25, -0.2) is 13.2 Å². The van der Waals surface area contributed by atoms with Crippen molar-refractivity contribution in [2.45, 2.75) is 25.2 Å². The zero-order chi connectivity index (χ0) is 23.7. The lowest BCUT2D eigenvalue weighted by Gasteiger charge is -2.29. The molecule has 0 aliphatic carbocycles. The fourth-order valence-corrected chi connectivity index (χ4v) is 4.25. The van der Waals surface area contributed by atoms with Gasteiger partial charge in [-0.05, 0) is 35.6 Å². The van der Waals surface area contributed by atoms with Gasteiger partial charge in [-0.1, -0.05) is 54.6 Å². The Balaban J connectivity index is 1.30. The molecule has 2 saturated heterocycles. The Morgan fingerprint density at radius 2 is 1.41 bits per heavy atom. The summed E-state index contributed by atoms with van der Waals surface area (Å²) >= 11 is 0. The predicted octanol–water partition coefficient (Wildman–Crippen LogP) is 7.14. The first-order valence-corrected chi connectivity index (χ1v) is 11.4. The third kappa shape index (κ3) is 4.67. The Kier molecular flexibility index (Phi) is 6.55. The monoisotopic (exact) mass is 466 g/mol. The molecule has 2 heterocycles. The van der Waals surface area contributed by atoms with Crippen molar-refractivity contribution in [3.63, 3.8) is 0 Å². The van der Waals surface area contributed by atoms with E-state index in [2.05, 4.69) is 6.58 Å². The summed E-state index contributed by atoms with van der Waals surface area (Å²) in [7, 11) is 0. The Morgan fingerprint density at radius 1 is 0.765 bits per heavy atom. The summed E-state index contributed by atoms with van der Waals surface area (Å²) in [5.41, 5.74) is 2.74. The van der Waals surface area contributed by atoms with Crippen molar-refractivity contribution >= 4 is 0 Å². The molecule has 0 bridgehead atoms. The van der Waals surface area contributed by atoms with Gasteiger partial charge >= 0.3 is 0 Å². The van der Waals surface area contributed by atoms with E-state index >= 15 is 0 Å². The normalized spacial score (nSPS) is 21.9. The van der Waals surface area contributed by atoms with Crippen LogP contribution in [0.1, 0.15) is 36.4 Å². The summed E-state index contributed by atoms with van der Waals surface area (Å²) in [6.07, 6.45) is 2.62. The molecular formula is C28H25F3O3. The maximum absolute atomic E-state index is 14.9. The maximum atomic E-state index is 14.9. The van der Waals surface area contributed by atoms with E-state index in [1.807, 2.05) is 6.08 Å². The van der Waals surface area contributed by atoms with Crippen LogP contribution < -0.4 is 0 Å². The number of allylic oxidation sites excluding steroid dienone is 1. The minimum atomic E-state index is -0.893. The lowest BCUT2D eigenvalue weighted by molar-refractivity contribution is -0.207. The van der Waals surface area contributed by atoms with Gasteiger partial charge in [0.15, 0.2) is 17.9 Å². The van der Waals surface area contributed by atoms with Gasteiger partial charge in [-0.3, -0.25) is 0 Å². The number of rotatable bonds is 7. The molecule has 3 nitrogen and oxygen atoms in total. The van der Waals surface area contributed by atoms with Crippen LogP contribution in [0, 0.1) is 23.4 Å². The average Bonchev–Trinajstić information content (AvgIpc) is 3.70. The molecule has 0 spiro atoms. The van der Waals surface area contributed by atoms with Crippen molar-refractivity contribution in [1.29, 1.82) is 0 Å². The zero-order valence-corrected chi connectivity index (χ0v) is 18.6. The number of hydrogen-bond acceptors (Lipinski definition) is 3. The molecule has 34 heavy (non-hydrogen) atoms. The van der Waals surface area contributed by atoms with Crippen LogP contribution in [0.15, 0.2) is 67.3 Å². The first-order chi connectivity index (χ1) is 16.5. The Labute approximate surface area is 196 Å². The van der Waals surface area contributed by atoms with E-state index in [0.717, 1.165) is 18.4 Å². The van der Waals surface area contributed by atoms with Crippen LogP contribution in [0.3, 0.4) is 0 Å². The molecule has 176 valence electrons. The van der Waals surface area contributed by atoms with Gasteiger partial charge in [0.1, 0.15) is 11.9 Å². The molecule has 0 saturated carbocycles. The fraction of sp³-hybridized carbons (Fsp3) is 0.286. The highest BCUT2D eigenvalue weighted by Crippen LogP contribution is 2.36. The molecule has 1 unspecified atom stereocenters. The van der Waals surface area contributed by atoms with Gasteiger partial charge in [0.25, 0.3) is 0 Å². The second-order valence-electron chi connectivity index (χ2n) is 8.70. The molecule has 3 aromatic carbocycles. The summed E-state index contributed by atoms with van der Waals surface area (Å²) in [6.45, 7) is 5.18. The summed E-state index contributed by atoms with van der Waals surface area (Å²) < 4.78 is 60.4. The fourth-order valence-electron chi connectivity index (χ4n) is 4.25. The van der Waals surface area contributed by atoms with Crippen LogP contribution in [0.5, 0.6) is 0 Å². The quantitative estimate of drug-likeness (QED) is 0.274. The Hall–Kier alpha value is -2.93. The van der Waals surface area contributed by atoms with Gasteiger partial charge in [0.05, 0.1) is 19.8 Å². The van der Waals surface area contributed by atoms with E-state index in [4.69, 9.17) is 14.2 Å². The number of benzene rings is 3. The second kappa shape index (κ2) is 9.74. The SMILES string of the molecule is C=CCCC1COC(c2ccc(-c3ccc(-c4ccc(C5CO5)c(F)c4F)cc3)cc2F)OC1. The molecule has 2 fully saturated rings. The van der Waals surface area contributed by atoms with Gasteiger partial charge in [-0.2, -0.15) is 0 Å². The topological polar surface area (TPSA) is 31.0 Å². The highest BCUT2D eigenvalue weighted by molar-refractivity contribution is 5.71. The summed E-state index contributed by atoms with van der Waals surface area (Å²) in [4.78, 5) is 0. The minimum absolute atomic E-state index is 0.174. The molecule has 5 rings (SSSR count). The number of ether oxygens (including phenoxy) is 3. The Bertz CT molecular complexity index is 1180. The third-order valence-corrected chi connectivity index (χ3v) is 6.32. The first kappa shape index (κ1) is 22.8. The van der Waals surface area contributed by atoms with Crippen molar-refractivity contribution in [2.24, 2.45) is 5.92 Å². The highest BCUT2D eigenvalue weighted by atomic mass is 19.2. The minimum Gasteiger partial charge on any atom is -0.368 e. The van der Waals surface area contributed by atoms with Gasteiger partial charge < -0.3 is 14.2 Å². The van der Waals surface area contributed by atoms with Crippen molar-refractivity contribution < 1.29 is 27.4 Å². The molecular weight excluding hydrogens is 441 g/mol.